The highest BCUT2D eigenvalue weighted by Crippen LogP contribution is 2.21. The Morgan fingerprint density at radius 2 is 2.05 bits per heavy atom. The van der Waals surface area contributed by atoms with E-state index in [-0.39, 0.29) is 0 Å². The molecule has 5 heteroatoms. The van der Waals surface area contributed by atoms with Crippen LogP contribution in [-0.2, 0) is 0 Å². The Kier molecular flexibility index (Phi) is 3.66. The first kappa shape index (κ1) is 12.9. The highest BCUT2D eigenvalue weighted by Gasteiger charge is 2.11. The number of halogens is 1. The number of rotatable bonds is 3. The molecule has 0 heterocycles. The number of nitrogen functional groups attached to an aromatic ring is 1. The van der Waals surface area contributed by atoms with Crippen LogP contribution in [0.1, 0.15) is 10.4 Å². The molecule has 0 unspecified atom stereocenters. The van der Waals surface area contributed by atoms with Crippen molar-refractivity contribution < 1.29 is 13.9 Å². The summed E-state index contributed by atoms with van der Waals surface area (Å²) in [5.41, 5.74) is 6.75. The lowest BCUT2D eigenvalue weighted by Gasteiger charge is -2.09. The predicted molar refractivity (Wildman–Crippen MR) is 71.8 cm³/mol. The van der Waals surface area contributed by atoms with Crippen molar-refractivity contribution in [2.75, 3.05) is 18.2 Å². The number of nitrogens with one attached hydrogen (secondary N) is 1. The van der Waals surface area contributed by atoms with Gasteiger partial charge in [-0.3, -0.25) is 4.79 Å². The zero-order valence-electron chi connectivity index (χ0n) is 10.3. The summed E-state index contributed by atoms with van der Waals surface area (Å²) in [7, 11) is 1.52. The van der Waals surface area contributed by atoms with Crippen molar-refractivity contribution in [3.8, 4) is 5.75 Å². The summed E-state index contributed by atoms with van der Waals surface area (Å²) < 4.78 is 18.0. The summed E-state index contributed by atoms with van der Waals surface area (Å²) in [4.78, 5) is 12.0. The van der Waals surface area contributed by atoms with Crippen molar-refractivity contribution in [3.05, 3.63) is 53.8 Å². The molecule has 4 nitrogen and oxygen atoms in total. The molecule has 0 aliphatic heterocycles. The molecule has 98 valence electrons. The van der Waals surface area contributed by atoms with Gasteiger partial charge in [-0.25, -0.2) is 4.39 Å². The van der Waals surface area contributed by atoms with Crippen LogP contribution < -0.4 is 15.8 Å². The van der Waals surface area contributed by atoms with Crippen molar-refractivity contribution in [3.63, 3.8) is 0 Å². The third-order valence-electron chi connectivity index (χ3n) is 2.59. The van der Waals surface area contributed by atoms with Crippen LogP contribution >= 0.6 is 0 Å². The molecule has 0 atom stereocenters. The molecule has 0 saturated carbocycles. The number of hydrogen-bond acceptors (Lipinski definition) is 3. The largest absolute Gasteiger partial charge is 0.497 e. The zero-order chi connectivity index (χ0) is 13.8. The molecule has 0 spiro atoms. The Morgan fingerprint density at radius 1 is 1.26 bits per heavy atom. The summed E-state index contributed by atoms with van der Waals surface area (Å²) in [6.07, 6.45) is 0. The van der Waals surface area contributed by atoms with Gasteiger partial charge in [0.05, 0.1) is 12.7 Å². The minimum Gasteiger partial charge on any atom is -0.497 e. The van der Waals surface area contributed by atoms with E-state index in [1.807, 2.05) is 0 Å². The SMILES string of the molecule is COc1ccc(C(=O)Nc2cccc(F)c2)c(N)c1. The van der Waals surface area contributed by atoms with Gasteiger partial charge in [-0.2, -0.15) is 0 Å². The second kappa shape index (κ2) is 5.39. The first-order chi connectivity index (χ1) is 9.10. The Hall–Kier alpha value is -2.56. The average Bonchev–Trinajstić information content (AvgIpc) is 2.38. The standard InChI is InChI=1S/C14H13FN2O2/c1-19-11-5-6-12(13(16)8-11)14(18)17-10-4-2-3-9(15)7-10/h2-8H,16H2,1H3,(H,17,18). The molecule has 0 radical (unpaired) electrons. The van der Waals surface area contributed by atoms with Crippen molar-refractivity contribution in [2.45, 2.75) is 0 Å². The van der Waals surface area contributed by atoms with Crippen molar-refractivity contribution >= 4 is 17.3 Å². The van der Waals surface area contributed by atoms with Gasteiger partial charge in [0.1, 0.15) is 11.6 Å². The molecule has 0 aliphatic carbocycles. The predicted octanol–water partition coefficient (Wildman–Crippen LogP) is 2.67. The fourth-order valence-electron chi connectivity index (χ4n) is 1.64. The van der Waals surface area contributed by atoms with E-state index in [9.17, 15) is 9.18 Å². The third kappa shape index (κ3) is 3.01. The van der Waals surface area contributed by atoms with Crippen molar-refractivity contribution in [1.29, 1.82) is 0 Å². The summed E-state index contributed by atoms with van der Waals surface area (Å²) in [6, 6.07) is 10.4. The van der Waals surface area contributed by atoms with E-state index in [0.29, 0.717) is 22.7 Å². The van der Waals surface area contributed by atoms with Crippen LogP contribution in [0.3, 0.4) is 0 Å². The molecule has 3 N–H and O–H groups in total. The molecule has 2 rings (SSSR count). The maximum Gasteiger partial charge on any atom is 0.257 e. The number of carbonyl (C=O) groups excluding carboxylic acids is 1. The van der Waals surface area contributed by atoms with E-state index in [0.717, 1.165) is 0 Å². The van der Waals surface area contributed by atoms with Crippen LogP contribution in [-0.4, -0.2) is 13.0 Å². The molecule has 2 aromatic carbocycles. The zero-order valence-corrected chi connectivity index (χ0v) is 10.3. The van der Waals surface area contributed by atoms with E-state index in [4.69, 9.17) is 10.5 Å². The Bertz CT molecular complexity index is 614. The number of anilines is 2. The van der Waals surface area contributed by atoms with Crippen molar-refractivity contribution in [2.24, 2.45) is 0 Å². The van der Waals surface area contributed by atoms with Gasteiger partial charge in [-0.15, -0.1) is 0 Å². The van der Waals surface area contributed by atoms with E-state index in [1.165, 1.54) is 25.3 Å². The number of benzene rings is 2. The lowest BCUT2D eigenvalue weighted by atomic mass is 10.1. The smallest absolute Gasteiger partial charge is 0.257 e. The van der Waals surface area contributed by atoms with Crippen LogP contribution in [0.4, 0.5) is 15.8 Å². The third-order valence-corrected chi connectivity index (χ3v) is 2.59. The van der Waals surface area contributed by atoms with Gasteiger partial charge in [0, 0.05) is 17.4 Å². The van der Waals surface area contributed by atoms with Gasteiger partial charge >= 0.3 is 0 Å². The molecule has 0 saturated heterocycles. The lowest BCUT2D eigenvalue weighted by Crippen LogP contribution is -2.14. The van der Waals surface area contributed by atoms with Crippen LogP contribution in [0, 0.1) is 5.82 Å². The van der Waals surface area contributed by atoms with E-state index >= 15 is 0 Å². The van der Waals surface area contributed by atoms with Gasteiger partial charge in [0.25, 0.3) is 5.91 Å². The van der Waals surface area contributed by atoms with Crippen LogP contribution in [0.15, 0.2) is 42.5 Å². The quantitative estimate of drug-likeness (QED) is 0.834. The van der Waals surface area contributed by atoms with Crippen LogP contribution in [0.25, 0.3) is 0 Å². The first-order valence-electron chi connectivity index (χ1n) is 5.60. The molecule has 0 aromatic heterocycles. The minimum absolute atomic E-state index is 0.299. The van der Waals surface area contributed by atoms with Crippen LogP contribution in [0.2, 0.25) is 0 Å². The van der Waals surface area contributed by atoms with Gasteiger partial charge in [-0.1, -0.05) is 6.07 Å². The highest BCUT2D eigenvalue weighted by molar-refractivity contribution is 6.07. The number of ether oxygens (including phenoxy) is 1. The van der Waals surface area contributed by atoms with Gasteiger partial charge < -0.3 is 15.8 Å². The number of nitrogens with two attached hydrogens (primary N) is 1. The second-order valence-corrected chi connectivity index (χ2v) is 3.92. The van der Waals surface area contributed by atoms with Gasteiger partial charge in [-0.05, 0) is 30.3 Å². The molecule has 19 heavy (non-hydrogen) atoms. The maximum absolute atomic E-state index is 13.0. The van der Waals surface area contributed by atoms with Crippen LogP contribution in [0.5, 0.6) is 5.75 Å². The number of hydrogen-bond donors (Lipinski definition) is 2. The fourth-order valence-corrected chi connectivity index (χ4v) is 1.64. The molecular weight excluding hydrogens is 247 g/mol. The highest BCUT2D eigenvalue weighted by atomic mass is 19.1. The van der Waals surface area contributed by atoms with E-state index < -0.39 is 11.7 Å². The Balaban J connectivity index is 2.20. The van der Waals surface area contributed by atoms with E-state index in [2.05, 4.69) is 5.32 Å². The molecule has 2 aromatic rings. The first-order valence-corrected chi connectivity index (χ1v) is 5.60. The number of carbonyl (C=O) groups is 1. The summed E-state index contributed by atoms with van der Waals surface area (Å²) in [6.45, 7) is 0. The summed E-state index contributed by atoms with van der Waals surface area (Å²) >= 11 is 0. The molecule has 0 fully saturated rings. The minimum atomic E-state index is -0.416. The number of methoxy groups -OCH3 is 1. The van der Waals surface area contributed by atoms with Gasteiger partial charge in [0.2, 0.25) is 0 Å². The fraction of sp³-hybridized carbons (Fsp3) is 0.0714. The molecule has 0 aliphatic rings. The van der Waals surface area contributed by atoms with E-state index in [1.54, 1.807) is 24.3 Å². The maximum atomic E-state index is 13.0. The lowest BCUT2D eigenvalue weighted by molar-refractivity contribution is 0.102. The Morgan fingerprint density at radius 3 is 2.68 bits per heavy atom. The van der Waals surface area contributed by atoms with Gasteiger partial charge in [0.15, 0.2) is 0 Å². The number of amides is 1. The molecule has 1 amide bonds. The summed E-state index contributed by atoms with van der Waals surface area (Å²) in [5, 5.41) is 2.58. The van der Waals surface area contributed by atoms with Crippen molar-refractivity contribution in [1.82, 2.24) is 0 Å². The molecular formula is C14H13FN2O2. The second-order valence-electron chi connectivity index (χ2n) is 3.92. The monoisotopic (exact) mass is 260 g/mol. The topological polar surface area (TPSA) is 64.3 Å². The normalized spacial score (nSPS) is 10.0. The Labute approximate surface area is 110 Å². The molecule has 0 bridgehead atoms. The average molecular weight is 260 g/mol. The summed E-state index contributed by atoms with van der Waals surface area (Å²) in [5.74, 6) is -0.244.